The van der Waals surface area contributed by atoms with E-state index in [1.807, 2.05) is 18.0 Å². The Bertz CT molecular complexity index is 356. The SMILES string of the molecule is CN1c2cccc(F)c2OCC1CCO. The molecule has 3 nitrogen and oxygen atoms in total. The molecule has 1 aromatic rings. The van der Waals surface area contributed by atoms with Crippen LogP contribution in [0.1, 0.15) is 6.42 Å². The van der Waals surface area contributed by atoms with Gasteiger partial charge in [-0.25, -0.2) is 4.39 Å². The number of hydrogen-bond donors (Lipinski definition) is 1. The summed E-state index contributed by atoms with van der Waals surface area (Å²) in [5, 5.41) is 8.88. The van der Waals surface area contributed by atoms with Crippen molar-refractivity contribution in [2.45, 2.75) is 12.5 Å². The van der Waals surface area contributed by atoms with E-state index in [1.54, 1.807) is 6.07 Å². The second-order valence-electron chi connectivity index (χ2n) is 3.68. The summed E-state index contributed by atoms with van der Waals surface area (Å²) >= 11 is 0. The van der Waals surface area contributed by atoms with Crippen molar-refractivity contribution in [2.75, 3.05) is 25.2 Å². The highest BCUT2D eigenvalue weighted by Crippen LogP contribution is 2.35. The molecule has 0 saturated heterocycles. The van der Waals surface area contributed by atoms with E-state index in [9.17, 15) is 4.39 Å². The number of halogens is 1. The highest BCUT2D eigenvalue weighted by Gasteiger charge is 2.25. The molecule has 0 fully saturated rings. The minimum Gasteiger partial charge on any atom is -0.486 e. The van der Waals surface area contributed by atoms with E-state index >= 15 is 0 Å². The van der Waals surface area contributed by atoms with Crippen LogP contribution in [-0.2, 0) is 0 Å². The van der Waals surface area contributed by atoms with Crippen LogP contribution in [0.15, 0.2) is 18.2 Å². The molecule has 15 heavy (non-hydrogen) atoms. The van der Waals surface area contributed by atoms with Gasteiger partial charge in [0, 0.05) is 13.7 Å². The van der Waals surface area contributed by atoms with E-state index in [0.717, 1.165) is 5.69 Å². The second kappa shape index (κ2) is 4.06. The fraction of sp³-hybridized carbons (Fsp3) is 0.455. The van der Waals surface area contributed by atoms with Gasteiger partial charge in [0.1, 0.15) is 6.61 Å². The van der Waals surface area contributed by atoms with E-state index in [4.69, 9.17) is 9.84 Å². The molecule has 0 saturated carbocycles. The topological polar surface area (TPSA) is 32.7 Å². The van der Waals surface area contributed by atoms with Gasteiger partial charge in [-0.05, 0) is 18.6 Å². The molecule has 0 radical (unpaired) electrons. The summed E-state index contributed by atoms with van der Waals surface area (Å²) in [5.41, 5.74) is 0.750. The number of likely N-dealkylation sites (N-methyl/N-ethyl adjacent to an activating group) is 1. The summed E-state index contributed by atoms with van der Waals surface area (Å²) in [4.78, 5) is 1.96. The molecular weight excluding hydrogens is 197 g/mol. The third-order valence-corrected chi connectivity index (χ3v) is 2.76. The molecule has 0 amide bonds. The van der Waals surface area contributed by atoms with E-state index in [0.29, 0.717) is 18.8 Å². The van der Waals surface area contributed by atoms with Crippen LogP contribution in [0.2, 0.25) is 0 Å². The van der Waals surface area contributed by atoms with Crippen molar-refractivity contribution in [3.05, 3.63) is 24.0 Å². The molecule has 4 heteroatoms. The van der Waals surface area contributed by atoms with Gasteiger partial charge in [0.15, 0.2) is 11.6 Å². The molecule has 82 valence electrons. The third kappa shape index (κ3) is 1.77. The van der Waals surface area contributed by atoms with Gasteiger partial charge >= 0.3 is 0 Å². The molecule has 0 aromatic heterocycles. The van der Waals surface area contributed by atoms with Crippen LogP contribution < -0.4 is 9.64 Å². The minimum absolute atomic E-state index is 0.114. The predicted molar refractivity (Wildman–Crippen MR) is 55.8 cm³/mol. The molecule has 1 N–H and O–H groups in total. The first kappa shape index (κ1) is 10.2. The zero-order valence-corrected chi connectivity index (χ0v) is 8.61. The van der Waals surface area contributed by atoms with Crippen LogP contribution in [0.4, 0.5) is 10.1 Å². The monoisotopic (exact) mass is 211 g/mol. The van der Waals surface area contributed by atoms with Gasteiger partial charge in [-0.2, -0.15) is 0 Å². The van der Waals surface area contributed by atoms with Gasteiger partial charge in [-0.15, -0.1) is 0 Å². The lowest BCUT2D eigenvalue weighted by atomic mass is 10.1. The Labute approximate surface area is 88.1 Å². The lowest BCUT2D eigenvalue weighted by Crippen LogP contribution is -2.41. The quantitative estimate of drug-likeness (QED) is 0.802. The number of ether oxygens (including phenoxy) is 1. The van der Waals surface area contributed by atoms with Crippen LogP contribution in [0.3, 0.4) is 0 Å². The average Bonchev–Trinajstić information content (AvgIpc) is 2.23. The summed E-state index contributed by atoms with van der Waals surface area (Å²) in [6, 6.07) is 4.99. The van der Waals surface area contributed by atoms with Crippen molar-refractivity contribution < 1.29 is 14.2 Å². The number of para-hydroxylation sites is 1. The molecule has 2 rings (SSSR count). The summed E-state index contributed by atoms with van der Waals surface area (Å²) in [5.74, 6) is -0.0176. The summed E-state index contributed by atoms with van der Waals surface area (Å²) in [6.45, 7) is 0.536. The smallest absolute Gasteiger partial charge is 0.178 e. The van der Waals surface area contributed by atoms with E-state index in [1.165, 1.54) is 6.07 Å². The molecule has 0 bridgehead atoms. The Morgan fingerprint density at radius 3 is 3.13 bits per heavy atom. The van der Waals surface area contributed by atoms with Crippen molar-refractivity contribution in [3.63, 3.8) is 0 Å². The first-order valence-electron chi connectivity index (χ1n) is 4.99. The van der Waals surface area contributed by atoms with Gasteiger partial charge in [-0.1, -0.05) is 6.07 Å². The van der Waals surface area contributed by atoms with Crippen molar-refractivity contribution >= 4 is 5.69 Å². The molecule has 1 atom stereocenters. The average molecular weight is 211 g/mol. The number of rotatable bonds is 2. The number of hydrogen-bond acceptors (Lipinski definition) is 3. The van der Waals surface area contributed by atoms with Crippen LogP contribution in [-0.4, -0.2) is 31.4 Å². The Balaban J connectivity index is 2.30. The number of fused-ring (bicyclic) bond motifs is 1. The number of benzene rings is 1. The molecule has 1 aliphatic rings. The van der Waals surface area contributed by atoms with Gasteiger partial charge in [-0.3, -0.25) is 0 Å². The summed E-state index contributed by atoms with van der Waals surface area (Å²) in [7, 11) is 1.89. The summed E-state index contributed by atoms with van der Waals surface area (Å²) in [6.07, 6.45) is 0.631. The normalized spacial score (nSPS) is 19.7. The molecule has 1 aliphatic heterocycles. The van der Waals surface area contributed by atoms with Gasteiger partial charge in [0.05, 0.1) is 11.7 Å². The van der Waals surface area contributed by atoms with E-state index in [-0.39, 0.29) is 18.5 Å². The maximum atomic E-state index is 13.4. The van der Waals surface area contributed by atoms with Crippen LogP contribution in [0, 0.1) is 5.82 Å². The number of aliphatic hydroxyl groups excluding tert-OH is 1. The largest absolute Gasteiger partial charge is 0.486 e. The van der Waals surface area contributed by atoms with E-state index in [2.05, 4.69) is 0 Å². The second-order valence-corrected chi connectivity index (χ2v) is 3.68. The van der Waals surface area contributed by atoms with E-state index < -0.39 is 0 Å². The zero-order chi connectivity index (χ0) is 10.8. The maximum absolute atomic E-state index is 13.4. The van der Waals surface area contributed by atoms with Crippen LogP contribution >= 0.6 is 0 Å². The molecule has 0 aliphatic carbocycles. The van der Waals surface area contributed by atoms with Gasteiger partial charge in [0.25, 0.3) is 0 Å². The first-order chi connectivity index (χ1) is 7.24. The van der Waals surface area contributed by atoms with Crippen LogP contribution in [0.25, 0.3) is 0 Å². The Morgan fingerprint density at radius 2 is 2.40 bits per heavy atom. The Morgan fingerprint density at radius 1 is 1.60 bits per heavy atom. The summed E-state index contributed by atoms with van der Waals surface area (Å²) < 4.78 is 18.7. The zero-order valence-electron chi connectivity index (χ0n) is 8.61. The Kier molecular flexibility index (Phi) is 2.77. The minimum atomic E-state index is -0.332. The maximum Gasteiger partial charge on any atom is 0.178 e. The fourth-order valence-corrected chi connectivity index (χ4v) is 1.83. The highest BCUT2D eigenvalue weighted by molar-refractivity contribution is 5.60. The molecule has 1 unspecified atom stereocenters. The Hall–Kier alpha value is -1.29. The van der Waals surface area contributed by atoms with Gasteiger partial charge < -0.3 is 14.7 Å². The molecule has 0 spiro atoms. The van der Waals surface area contributed by atoms with Crippen molar-refractivity contribution in [3.8, 4) is 5.75 Å². The van der Waals surface area contributed by atoms with Crippen LogP contribution in [0.5, 0.6) is 5.75 Å². The molecule has 1 heterocycles. The number of anilines is 1. The van der Waals surface area contributed by atoms with Crippen molar-refractivity contribution in [1.29, 1.82) is 0 Å². The standard InChI is InChI=1S/C11H14FNO2/c1-13-8(5-6-14)7-15-11-9(12)3-2-4-10(11)13/h2-4,8,14H,5-7H2,1H3. The molecular formula is C11H14FNO2. The number of aliphatic hydroxyl groups is 1. The predicted octanol–water partition coefficient (Wildman–Crippen LogP) is 1.41. The number of nitrogens with zero attached hydrogens (tertiary/aromatic N) is 1. The molecule has 1 aromatic carbocycles. The van der Waals surface area contributed by atoms with Gasteiger partial charge in [0.2, 0.25) is 0 Å². The lowest BCUT2D eigenvalue weighted by molar-refractivity contribution is 0.213. The highest BCUT2D eigenvalue weighted by atomic mass is 19.1. The first-order valence-corrected chi connectivity index (χ1v) is 4.99. The van der Waals surface area contributed by atoms with Crippen molar-refractivity contribution in [2.24, 2.45) is 0 Å². The third-order valence-electron chi connectivity index (χ3n) is 2.76. The van der Waals surface area contributed by atoms with Crippen molar-refractivity contribution in [1.82, 2.24) is 0 Å². The fourth-order valence-electron chi connectivity index (χ4n) is 1.83. The lowest BCUT2D eigenvalue weighted by Gasteiger charge is -2.35.